The predicted octanol–water partition coefficient (Wildman–Crippen LogP) is 4.47. The smallest absolute Gasteiger partial charge is 0.262 e. The second-order valence-corrected chi connectivity index (χ2v) is 9.84. The Hall–Kier alpha value is -3.97. The Morgan fingerprint density at radius 3 is 2.49 bits per heavy atom. The highest BCUT2D eigenvalue weighted by molar-refractivity contribution is 5.86. The maximum Gasteiger partial charge on any atom is 0.262 e. The van der Waals surface area contributed by atoms with Crippen LogP contribution in [0.3, 0.4) is 0 Å². The highest BCUT2D eigenvalue weighted by Gasteiger charge is 2.18. The molecule has 7 nitrogen and oxygen atoms in total. The summed E-state index contributed by atoms with van der Waals surface area (Å²) in [4.78, 5) is 33.8. The minimum atomic E-state index is -0.250. The number of rotatable bonds is 8. The van der Waals surface area contributed by atoms with E-state index in [4.69, 9.17) is 9.72 Å². The monoisotopic (exact) mass is 496 g/mol. The van der Waals surface area contributed by atoms with Crippen molar-refractivity contribution < 1.29 is 9.53 Å². The second-order valence-electron chi connectivity index (χ2n) is 9.84. The Morgan fingerprint density at radius 1 is 1.00 bits per heavy atom. The first kappa shape index (κ1) is 24.7. The summed E-state index contributed by atoms with van der Waals surface area (Å²) in [6, 6.07) is 21.6. The van der Waals surface area contributed by atoms with Gasteiger partial charge in [-0.2, -0.15) is 0 Å². The summed E-state index contributed by atoms with van der Waals surface area (Å²) in [6.45, 7) is 6.89. The van der Waals surface area contributed by atoms with Crippen LogP contribution in [0.2, 0.25) is 0 Å². The van der Waals surface area contributed by atoms with E-state index in [0.29, 0.717) is 28.0 Å². The average molecular weight is 497 g/mol. The van der Waals surface area contributed by atoms with Crippen molar-refractivity contribution in [1.82, 2.24) is 19.8 Å². The fourth-order valence-corrected chi connectivity index (χ4v) is 4.69. The molecular weight excluding hydrogens is 464 g/mol. The van der Waals surface area contributed by atoms with Gasteiger partial charge in [0.25, 0.3) is 5.56 Å². The molecule has 3 aromatic carbocycles. The lowest BCUT2D eigenvalue weighted by Gasteiger charge is -2.30. The van der Waals surface area contributed by atoms with Gasteiger partial charge in [-0.1, -0.05) is 36.4 Å². The quantitative estimate of drug-likeness (QED) is 0.390. The molecule has 1 saturated heterocycles. The Labute approximate surface area is 216 Å². The zero-order chi connectivity index (χ0) is 25.9. The molecule has 1 amide bonds. The number of fused-ring (bicyclic) bond motifs is 1. The van der Waals surface area contributed by atoms with Crippen molar-refractivity contribution in [2.24, 2.45) is 0 Å². The molecular formula is C30H32N4O3. The summed E-state index contributed by atoms with van der Waals surface area (Å²) in [5, 5.41) is 3.36. The third-order valence-corrected chi connectivity index (χ3v) is 6.65. The number of nitrogens with zero attached hydrogens (tertiary/aromatic N) is 3. The van der Waals surface area contributed by atoms with Gasteiger partial charge in [0.1, 0.15) is 18.1 Å². The summed E-state index contributed by atoms with van der Waals surface area (Å²) in [5.41, 5.74) is 4.30. The lowest BCUT2D eigenvalue weighted by molar-refractivity contribution is -0.122. The van der Waals surface area contributed by atoms with Crippen molar-refractivity contribution in [3.05, 3.63) is 82.6 Å². The van der Waals surface area contributed by atoms with E-state index in [1.807, 2.05) is 56.3 Å². The van der Waals surface area contributed by atoms with Crippen LogP contribution < -0.4 is 15.6 Å². The lowest BCUT2D eigenvalue weighted by atomic mass is 10.0. The number of hydrogen-bond acceptors (Lipinski definition) is 5. The normalized spacial score (nSPS) is 13.5. The number of carbonyl (C=O) groups is 1. The molecule has 190 valence electrons. The Morgan fingerprint density at radius 2 is 1.76 bits per heavy atom. The molecule has 5 rings (SSSR count). The SMILES string of the molecule is COc1cccc(-c2nc3ccc(-c4cccc(CN5CCC5)c4)cc3c(=O)n2CC(=O)NC(C)C)c1. The largest absolute Gasteiger partial charge is 0.497 e. The van der Waals surface area contributed by atoms with E-state index in [-0.39, 0.29) is 24.1 Å². The van der Waals surface area contributed by atoms with Crippen LogP contribution in [0.1, 0.15) is 25.8 Å². The highest BCUT2D eigenvalue weighted by atomic mass is 16.5. The molecule has 0 saturated carbocycles. The molecule has 2 heterocycles. The Bertz CT molecular complexity index is 1500. The third kappa shape index (κ3) is 5.42. The van der Waals surface area contributed by atoms with Crippen molar-refractivity contribution in [3.8, 4) is 28.3 Å². The fourth-order valence-electron chi connectivity index (χ4n) is 4.69. The van der Waals surface area contributed by atoms with Gasteiger partial charge in [-0.05, 0) is 80.4 Å². The van der Waals surface area contributed by atoms with Crippen LogP contribution in [0.5, 0.6) is 5.75 Å². The Kier molecular flexibility index (Phi) is 7.06. The van der Waals surface area contributed by atoms with Crippen molar-refractivity contribution in [2.45, 2.75) is 39.4 Å². The molecule has 1 aromatic heterocycles. The highest BCUT2D eigenvalue weighted by Crippen LogP contribution is 2.27. The van der Waals surface area contributed by atoms with Crippen LogP contribution in [0.25, 0.3) is 33.4 Å². The summed E-state index contributed by atoms with van der Waals surface area (Å²) in [5.74, 6) is 0.843. The van der Waals surface area contributed by atoms with Gasteiger partial charge in [-0.3, -0.25) is 19.1 Å². The summed E-state index contributed by atoms with van der Waals surface area (Å²) < 4.78 is 6.84. The minimum Gasteiger partial charge on any atom is -0.497 e. The average Bonchev–Trinajstić information content (AvgIpc) is 2.87. The van der Waals surface area contributed by atoms with Gasteiger partial charge in [0.2, 0.25) is 5.91 Å². The molecule has 0 radical (unpaired) electrons. The molecule has 1 N–H and O–H groups in total. The van der Waals surface area contributed by atoms with E-state index < -0.39 is 0 Å². The summed E-state index contributed by atoms with van der Waals surface area (Å²) >= 11 is 0. The summed E-state index contributed by atoms with van der Waals surface area (Å²) in [6.07, 6.45) is 1.26. The minimum absolute atomic E-state index is 0.0352. The molecule has 0 unspecified atom stereocenters. The van der Waals surface area contributed by atoms with Crippen LogP contribution >= 0.6 is 0 Å². The van der Waals surface area contributed by atoms with E-state index in [1.165, 1.54) is 16.6 Å². The van der Waals surface area contributed by atoms with E-state index in [1.54, 1.807) is 7.11 Å². The second kappa shape index (κ2) is 10.6. The zero-order valence-corrected chi connectivity index (χ0v) is 21.5. The maximum atomic E-state index is 13.8. The van der Waals surface area contributed by atoms with E-state index >= 15 is 0 Å². The fraction of sp³-hybridized carbons (Fsp3) is 0.300. The molecule has 0 atom stereocenters. The van der Waals surface area contributed by atoms with Crippen molar-refractivity contribution in [2.75, 3.05) is 20.2 Å². The van der Waals surface area contributed by atoms with Gasteiger partial charge in [-0.25, -0.2) is 4.98 Å². The molecule has 37 heavy (non-hydrogen) atoms. The lowest BCUT2D eigenvalue weighted by Crippen LogP contribution is -2.37. The number of hydrogen-bond donors (Lipinski definition) is 1. The van der Waals surface area contributed by atoms with Crippen molar-refractivity contribution in [1.29, 1.82) is 0 Å². The zero-order valence-electron chi connectivity index (χ0n) is 21.5. The number of benzene rings is 3. The van der Waals surface area contributed by atoms with Crippen LogP contribution in [0.4, 0.5) is 0 Å². The van der Waals surface area contributed by atoms with Crippen LogP contribution in [-0.2, 0) is 17.9 Å². The number of methoxy groups -OCH3 is 1. The van der Waals surface area contributed by atoms with Crippen LogP contribution in [0, 0.1) is 0 Å². The van der Waals surface area contributed by atoms with Gasteiger partial charge in [0.05, 0.1) is 18.0 Å². The first-order chi connectivity index (χ1) is 17.9. The molecule has 4 aromatic rings. The van der Waals surface area contributed by atoms with E-state index in [2.05, 4.69) is 34.5 Å². The summed E-state index contributed by atoms with van der Waals surface area (Å²) in [7, 11) is 1.59. The van der Waals surface area contributed by atoms with Gasteiger partial charge >= 0.3 is 0 Å². The molecule has 0 bridgehead atoms. The van der Waals surface area contributed by atoms with Crippen molar-refractivity contribution in [3.63, 3.8) is 0 Å². The number of carbonyl (C=O) groups excluding carboxylic acids is 1. The number of likely N-dealkylation sites (tertiary alicyclic amines) is 1. The van der Waals surface area contributed by atoms with Crippen LogP contribution in [-0.4, -0.2) is 46.6 Å². The molecule has 0 aliphatic carbocycles. The van der Waals surface area contributed by atoms with Gasteiger partial charge in [-0.15, -0.1) is 0 Å². The number of ether oxygens (including phenoxy) is 1. The third-order valence-electron chi connectivity index (χ3n) is 6.65. The topological polar surface area (TPSA) is 76.5 Å². The van der Waals surface area contributed by atoms with Gasteiger partial charge < -0.3 is 10.1 Å². The van der Waals surface area contributed by atoms with Gasteiger partial charge in [0, 0.05) is 18.2 Å². The van der Waals surface area contributed by atoms with Crippen molar-refractivity contribution >= 4 is 16.8 Å². The standard InChI is InChI=1S/C30H32N4O3/c1-20(2)31-28(35)19-34-29(24-9-5-10-25(16-24)37-3)32-27-12-11-23(17-26(27)30(34)36)22-8-4-7-21(15-22)18-33-13-6-14-33/h4-5,7-12,15-17,20H,6,13-14,18-19H2,1-3H3,(H,31,35). The first-order valence-corrected chi connectivity index (χ1v) is 12.7. The predicted molar refractivity (Wildman–Crippen MR) is 147 cm³/mol. The molecule has 0 spiro atoms. The molecule has 1 fully saturated rings. The number of aromatic nitrogens is 2. The Balaban J connectivity index is 1.60. The maximum absolute atomic E-state index is 13.8. The number of amides is 1. The van der Waals surface area contributed by atoms with E-state index in [0.717, 1.165) is 30.8 Å². The van der Waals surface area contributed by atoms with Crippen LogP contribution in [0.15, 0.2) is 71.5 Å². The molecule has 1 aliphatic heterocycles. The van der Waals surface area contributed by atoms with E-state index in [9.17, 15) is 9.59 Å². The molecule has 1 aliphatic rings. The number of nitrogens with one attached hydrogen (secondary N) is 1. The van der Waals surface area contributed by atoms with Gasteiger partial charge in [0.15, 0.2) is 0 Å². The molecule has 7 heteroatoms. The first-order valence-electron chi connectivity index (χ1n) is 12.7.